The van der Waals surface area contributed by atoms with Gasteiger partial charge in [0.25, 0.3) is 0 Å². The molecular weight excluding hydrogens is 272 g/mol. The van der Waals surface area contributed by atoms with E-state index in [0.717, 1.165) is 51.7 Å². The monoisotopic (exact) mass is 300 g/mol. The van der Waals surface area contributed by atoms with Crippen LogP contribution in [-0.2, 0) is 11.3 Å². The predicted molar refractivity (Wildman–Crippen MR) is 89.5 cm³/mol. The van der Waals surface area contributed by atoms with Gasteiger partial charge in [-0.2, -0.15) is 0 Å². The Bertz CT molecular complexity index is 482. The fourth-order valence-electron chi connectivity index (χ4n) is 3.76. The van der Waals surface area contributed by atoms with Crippen molar-refractivity contribution in [3.8, 4) is 0 Å². The van der Waals surface area contributed by atoms with Crippen molar-refractivity contribution >= 4 is 5.91 Å². The highest BCUT2D eigenvalue weighted by molar-refractivity contribution is 5.83. The van der Waals surface area contributed by atoms with Crippen molar-refractivity contribution in [2.75, 3.05) is 13.1 Å². The van der Waals surface area contributed by atoms with E-state index in [4.69, 9.17) is 0 Å². The Balaban J connectivity index is 1.45. The van der Waals surface area contributed by atoms with Crippen molar-refractivity contribution in [3.63, 3.8) is 0 Å². The van der Waals surface area contributed by atoms with Gasteiger partial charge in [0.15, 0.2) is 0 Å². The predicted octanol–water partition coefficient (Wildman–Crippen LogP) is 3.35. The summed E-state index contributed by atoms with van der Waals surface area (Å²) in [6.07, 6.45) is 6.55. The maximum Gasteiger partial charge on any atom is 0.226 e. The number of carbonyl (C=O) groups excluding carboxylic acids is 1. The molecule has 0 atom stereocenters. The van der Waals surface area contributed by atoms with Crippen LogP contribution >= 0.6 is 0 Å². The minimum atomic E-state index is -0.0266. The normalized spacial score (nSPS) is 22.0. The molecular formula is C19H28N2O. The van der Waals surface area contributed by atoms with Crippen LogP contribution in [0.2, 0.25) is 0 Å². The second kappa shape index (κ2) is 6.82. The Morgan fingerprint density at radius 1 is 1.23 bits per heavy atom. The Labute approximate surface area is 134 Å². The lowest BCUT2D eigenvalue weighted by molar-refractivity contribution is -0.137. The molecule has 0 aromatic heterocycles. The number of rotatable bonds is 5. The summed E-state index contributed by atoms with van der Waals surface area (Å²) in [6, 6.07) is 11.0. The lowest BCUT2D eigenvalue weighted by Crippen LogP contribution is -2.51. The second-order valence-corrected chi connectivity index (χ2v) is 7.00. The fraction of sp³-hybridized carbons (Fsp3) is 0.632. The quantitative estimate of drug-likeness (QED) is 0.904. The van der Waals surface area contributed by atoms with E-state index in [1.807, 2.05) is 0 Å². The fourth-order valence-corrected chi connectivity index (χ4v) is 3.76. The molecule has 120 valence electrons. The molecule has 1 aliphatic carbocycles. The van der Waals surface area contributed by atoms with Gasteiger partial charge in [0.2, 0.25) is 5.91 Å². The third kappa shape index (κ3) is 3.35. The van der Waals surface area contributed by atoms with Gasteiger partial charge >= 0.3 is 0 Å². The average Bonchev–Trinajstić information content (AvgIpc) is 2.50. The summed E-state index contributed by atoms with van der Waals surface area (Å²) in [5.74, 6) is 0.322. The number of likely N-dealkylation sites (tertiary alicyclic amines) is 1. The Morgan fingerprint density at radius 2 is 1.91 bits per heavy atom. The van der Waals surface area contributed by atoms with Gasteiger partial charge in [0.05, 0.1) is 0 Å². The summed E-state index contributed by atoms with van der Waals surface area (Å²) >= 11 is 0. The second-order valence-electron chi connectivity index (χ2n) is 7.00. The molecule has 3 nitrogen and oxygen atoms in total. The molecule has 0 spiro atoms. The summed E-state index contributed by atoms with van der Waals surface area (Å²) in [5.41, 5.74) is 1.35. The number of hydrogen-bond donors (Lipinski definition) is 1. The van der Waals surface area contributed by atoms with E-state index in [2.05, 4.69) is 47.5 Å². The number of amides is 1. The molecule has 1 N–H and O–H groups in total. The number of benzene rings is 1. The summed E-state index contributed by atoms with van der Waals surface area (Å²) in [4.78, 5) is 15.0. The number of piperidine rings is 1. The molecule has 2 aliphatic rings. The minimum Gasteiger partial charge on any atom is -0.353 e. The van der Waals surface area contributed by atoms with Crippen LogP contribution in [0.15, 0.2) is 30.3 Å². The maximum atomic E-state index is 12.5. The zero-order valence-electron chi connectivity index (χ0n) is 13.7. The van der Waals surface area contributed by atoms with Crippen molar-refractivity contribution in [1.29, 1.82) is 0 Å². The smallest absolute Gasteiger partial charge is 0.226 e. The first-order valence-electron chi connectivity index (χ1n) is 8.79. The molecule has 3 heteroatoms. The molecule has 0 unspecified atom stereocenters. The molecule has 0 bridgehead atoms. The van der Waals surface area contributed by atoms with Gasteiger partial charge < -0.3 is 5.32 Å². The topological polar surface area (TPSA) is 32.3 Å². The molecule has 1 aromatic rings. The minimum absolute atomic E-state index is 0.0266. The van der Waals surface area contributed by atoms with Crippen LogP contribution in [0.25, 0.3) is 0 Å². The van der Waals surface area contributed by atoms with Crippen LogP contribution in [0.4, 0.5) is 0 Å². The van der Waals surface area contributed by atoms with E-state index < -0.39 is 0 Å². The average molecular weight is 300 g/mol. The van der Waals surface area contributed by atoms with E-state index >= 15 is 0 Å². The first-order valence-corrected chi connectivity index (χ1v) is 8.79. The summed E-state index contributed by atoms with van der Waals surface area (Å²) in [6.45, 7) is 5.35. The molecule has 22 heavy (non-hydrogen) atoms. The molecule has 1 amide bonds. The number of hydrogen-bond acceptors (Lipinski definition) is 2. The zero-order chi connectivity index (χ0) is 15.4. The zero-order valence-corrected chi connectivity index (χ0v) is 13.7. The van der Waals surface area contributed by atoms with E-state index in [-0.39, 0.29) is 5.41 Å². The van der Waals surface area contributed by atoms with Crippen molar-refractivity contribution in [3.05, 3.63) is 35.9 Å². The van der Waals surface area contributed by atoms with Gasteiger partial charge in [-0.15, -0.1) is 0 Å². The van der Waals surface area contributed by atoms with Crippen LogP contribution in [0, 0.1) is 5.41 Å². The van der Waals surface area contributed by atoms with Gasteiger partial charge in [-0.25, -0.2) is 0 Å². The van der Waals surface area contributed by atoms with Crippen LogP contribution < -0.4 is 5.32 Å². The van der Waals surface area contributed by atoms with Crippen LogP contribution in [0.5, 0.6) is 0 Å². The molecule has 3 rings (SSSR count). The molecule has 1 saturated heterocycles. The van der Waals surface area contributed by atoms with Crippen molar-refractivity contribution < 1.29 is 4.79 Å². The Hall–Kier alpha value is -1.35. The largest absolute Gasteiger partial charge is 0.353 e. The van der Waals surface area contributed by atoms with E-state index in [1.54, 1.807) is 0 Å². The van der Waals surface area contributed by atoms with E-state index in [9.17, 15) is 4.79 Å². The molecule has 1 aromatic carbocycles. The van der Waals surface area contributed by atoms with Gasteiger partial charge in [0, 0.05) is 31.1 Å². The number of nitrogens with one attached hydrogen (secondary N) is 1. The lowest BCUT2D eigenvalue weighted by atomic mass is 9.66. The van der Waals surface area contributed by atoms with Crippen LogP contribution in [0.1, 0.15) is 51.0 Å². The van der Waals surface area contributed by atoms with E-state index in [0.29, 0.717) is 11.9 Å². The van der Waals surface area contributed by atoms with Crippen LogP contribution in [-0.4, -0.2) is 29.9 Å². The number of carbonyl (C=O) groups is 1. The maximum absolute atomic E-state index is 12.5. The Kier molecular flexibility index (Phi) is 4.82. The first kappa shape index (κ1) is 15.5. The lowest BCUT2D eigenvalue weighted by Gasteiger charge is -2.41. The molecule has 1 heterocycles. The molecule has 1 aliphatic heterocycles. The third-order valence-corrected chi connectivity index (χ3v) is 5.64. The summed E-state index contributed by atoms with van der Waals surface area (Å²) in [7, 11) is 0. The van der Waals surface area contributed by atoms with Crippen LogP contribution in [0.3, 0.4) is 0 Å². The highest BCUT2D eigenvalue weighted by Gasteiger charge is 2.42. The summed E-state index contributed by atoms with van der Waals surface area (Å²) in [5, 5.41) is 3.33. The summed E-state index contributed by atoms with van der Waals surface area (Å²) < 4.78 is 0. The standard InChI is InChI=1S/C19H28N2O/c1-2-19(11-6-12-19)18(22)20-17-9-13-21(14-10-17)15-16-7-4-3-5-8-16/h3-5,7-8,17H,2,6,9-15H2,1H3,(H,20,22). The Morgan fingerprint density at radius 3 is 2.45 bits per heavy atom. The van der Waals surface area contributed by atoms with Crippen molar-refractivity contribution in [1.82, 2.24) is 10.2 Å². The van der Waals surface area contributed by atoms with Gasteiger partial charge in [-0.1, -0.05) is 43.7 Å². The highest BCUT2D eigenvalue weighted by atomic mass is 16.2. The van der Waals surface area contributed by atoms with E-state index in [1.165, 1.54) is 12.0 Å². The highest BCUT2D eigenvalue weighted by Crippen LogP contribution is 2.44. The van der Waals surface area contributed by atoms with Gasteiger partial charge in [0.1, 0.15) is 0 Å². The SMILES string of the molecule is CCC1(C(=O)NC2CCN(Cc3ccccc3)CC2)CCC1. The number of nitrogens with zero attached hydrogens (tertiary/aromatic N) is 1. The third-order valence-electron chi connectivity index (χ3n) is 5.64. The van der Waals surface area contributed by atoms with Gasteiger partial charge in [-0.05, 0) is 37.7 Å². The first-order chi connectivity index (χ1) is 10.7. The van der Waals surface area contributed by atoms with Crippen molar-refractivity contribution in [2.45, 2.75) is 58.0 Å². The molecule has 1 saturated carbocycles. The van der Waals surface area contributed by atoms with Gasteiger partial charge in [-0.3, -0.25) is 9.69 Å². The molecule has 0 radical (unpaired) electrons. The molecule has 2 fully saturated rings. The van der Waals surface area contributed by atoms with Crippen molar-refractivity contribution in [2.24, 2.45) is 5.41 Å².